The average molecular weight is 362 g/mol. The van der Waals surface area contributed by atoms with E-state index in [0.717, 1.165) is 24.1 Å². The number of benzene rings is 2. The summed E-state index contributed by atoms with van der Waals surface area (Å²) in [6.07, 6.45) is 0.838. The molecule has 0 spiro atoms. The number of halogens is 1. The van der Waals surface area contributed by atoms with Crippen molar-refractivity contribution >= 4 is 10.0 Å². The monoisotopic (exact) mass is 362 g/mol. The van der Waals surface area contributed by atoms with Crippen molar-refractivity contribution in [2.45, 2.75) is 18.2 Å². The molecule has 0 atom stereocenters. The zero-order valence-corrected chi connectivity index (χ0v) is 15.2. The molecule has 0 bridgehead atoms. The topological polar surface area (TPSA) is 40.6 Å². The maximum atomic E-state index is 12.9. The van der Waals surface area contributed by atoms with Gasteiger partial charge in [0.05, 0.1) is 4.90 Å². The molecule has 4 nitrogen and oxygen atoms in total. The van der Waals surface area contributed by atoms with Gasteiger partial charge in [-0.1, -0.05) is 29.8 Å². The van der Waals surface area contributed by atoms with Crippen molar-refractivity contribution in [2.24, 2.45) is 0 Å². The second kappa shape index (κ2) is 7.64. The van der Waals surface area contributed by atoms with Gasteiger partial charge in [-0.25, -0.2) is 12.8 Å². The van der Waals surface area contributed by atoms with Gasteiger partial charge in [-0.2, -0.15) is 4.31 Å². The van der Waals surface area contributed by atoms with Crippen LogP contribution in [0.3, 0.4) is 0 Å². The Morgan fingerprint density at radius 3 is 2.12 bits per heavy atom. The van der Waals surface area contributed by atoms with Gasteiger partial charge in [0.15, 0.2) is 0 Å². The molecule has 1 saturated heterocycles. The number of hydrogen-bond donors (Lipinski definition) is 0. The molecule has 0 amide bonds. The van der Waals surface area contributed by atoms with Crippen LogP contribution in [-0.4, -0.2) is 50.3 Å². The minimum Gasteiger partial charge on any atom is -0.300 e. The highest BCUT2D eigenvalue weighted by molar-refractivity contribution is 7.89. The smallest absolute Gasteiger partial charge is 0.243 e. The van der Waals surface area contributed by atoms with Gasteiger partial charge in [0.2, 0.25) is 10.0 Å². The van der Waals surface area contributed by atoms with Gasteiger partial charge >= 0.3 is 0 Å². The molecular formula is C19H23FN2O2S. The summed E-state index contributed by atoms with van der Waals surface area (Å²) < 4.78 is 39.9. The van der Waals surface area contributed by atoms with E-state index in [1.54, 1.807) is 28.6 Å². The zero-order chi connectivity index (χ0) is 17.9. The molecule has 1 aliphatic rings. The lowest BCUT2D eigenvalue weighted by atomic mass is 10.1. The minimum absolute atomic E-state index is 0.223. The van der Waals surface area contributed by atoms with E-state index in [1.165, 1.54) is 12.1 Å². The predicted octanol–water partition coefficient (Wildman–Crippen LogP) is 2.68. The van der Waals surface area contributed by atoms with Crippen molar-refractivity contribution in [2.75, 3.05) is 32.7 Å². The third kappa shape index (κ3) is 4.45. The van der Waals surface area contributed by atoms with Crippen LogP contribution in [-0.2, 0) is 16.4 Å². The number of sulfonamides is 1. The molecule has 0 radical (unpaired) electrons. The quantitative estimate of drug-likeness (QED) is 0.821. The van der Waals surface area contributed by atoms with Gasteiger partial charge in [-0.15, -0.1) is 0 Å². The van der Waals surface area contributed by atoms with E-state index in [1.807, 2.05) is 19.1 Å². The summed E-state index contributed by atoms with van der Waals surface area (Å²) in [6, 6.07) is 13.5. The molecule has 0 aliphatic carbocycles. The minimum atomic E-state index is -3.41. The zero-order valence-electron chi connectivity index (χ0n) is 14.4. The molecule has 1 fully saturated rings. The first kappa shape index (κ1) is 18.0. The lowest BCUT2D eigenvalue weighted by molar-refractivity contribution is 0.190. The molecule has 3 rings (SSSR count). The van der Waals surface area contributed by atoms with Gasteiger partial charge in [0.25, 0.3) is 0 Å². The molecule has 6 heteroatoms. The average Bonchev–Trinajstić information content (AvgIpc) is 2.62. The standard InChI is InChI=1S/C19H23FN2O2S/c1-16-2-8-19(9-3-16)25(23,24)22-14-12-21(13-15-22)11-10-17-4-6-18(20)7-5-17/h2-9H,10-15H2,1H3. The molecule has 0 N–H and O–H groups in total. The Balaban J connectivity index is 1.54. The molecule has 2 aromatic carbocycles. The van der Waals surface area contributed by atoms with E-state index in [-0.39, 0.29) is 5.82 Å². The molecule has 0 unspecified atom stereocenters. The first-order chi connectivity index (χ1) is 11.9. The van der Waals surface area contributed by atoms with Crippen LogP contribution < -0.4 is 0 Å². The molecule has 134 valence electrons. The van der Waals surface area contributed by atoms with Crippen LogP contribution >= 0.6 is 0 Å². The normalized spacial score (nSPS) is 16.9. The van der Waals surface area contributed by atoms with E-state index in [9.17, 15) is 12.8 Å². The Morgan fingerprint density at radius 2 is 1.52 bits per heavy atom. The van der Waals surface area contributed by atoms with E-state index in [0.29, 0.717) is 31.1 Å². The van der Waals surface area contributed by atoms with Gasteiger partial charge in [0, 0.05) is 32.7 Å². The van der Waals surface area contributed by atoms with Crippen LogP contribution in [0.4, 0.5) is 4.39 Å². The van der Waals surface area contributed by atoms with Gasteiger partial charge in [0.1, 0.15) is 5.82 Å². The first-order valence-corrected chi connectivity index (χ1v) is 9.93. The molecule has 1 heterocycles. The van der Waals surface area contributed by atoms with E-state index < -0.39 is 10.0 Å². The van der Waals surface area contributed by atoms with Crippen LogP contribution in [0.25, 0.3) is 0 Å². The highest BCUT2D eigenvalue weighted by Crippen LogP contribution is 2.18. The van der Waals surface area contributed by atoms with Gasteiger partial charge in [-0.3, -0.25) is 0 Å². The van der Waals surface area contributed by atoms with E-state index >= 15 is 0 Å². The highest BCUT2D eigenvalue weighted by Gasteiger charge is 2.28. The first-order valence-electron chi connectivity index (χ1n) is 8.49. The summed E-state index contributed by atoms with van der Waals surface area (Å²) >= 11 is 0. The van der Waals surface area contributed by atoms with E-state index in [2.05, 4.69) is 4.90 Å². The van der Waals surface area contributed by atoms with Crippen LogP contribution in [0.1, 0.15) is 11.1 Å². The summed E-state index contributed by atoms with van der Waals surface area (Å²) in [6.45, 7) is 5.22. The van der Waals surface area contributed by atoms with Crippen molar-refractivity contribution in [1.29, 1.82) is 0 Å². The third-order valence-electron chi connectivity index (χ3n) is 4.62. The maximum absolute atomic E-state index is 12.9. The molecule has 0 aromatic heterocycles. The maximum Gasteiger partial charge on any atom is 0.243 e. The molecule has 25 heavy (non-hydrogen) atoms. The summed E-state index contributed by atoms with van der Waals surface area (Å²) in [7, 11) is -3.41. The number of nitrogens with zero attached hydrogens (tertiary/aromatic N) is 2. The van der Waals surface area contributed by atoms with Crippen molar-refractivity contribution in [3.05, 3.63) is 65.5 Å². The SMILES string of the molecule is Cc1ccc(S(=O)(=O)N2CCN(CCc3ccc(F)cc3)CC2)cc1. The van der Waals surface area contributed by atoms with Gasteiger partial charge in [-0.05, 0) is 43.2 Å². The van der Waals surface area contributed by atoms with Crippen LogP contribution in [0.2, 0.25) is 0 Å². The summed E-state index contributed by atoms with van der Waals surface area (Å²) in [5.41, 5.74) is 2.14. The lowest BCUT2D eigenvalue weighted by Crippen LogP contribution is -2.48. The Kier molecular flexibility index (Phi) is 5.51. The van der Waals surface area contributed by atoms with Crippen LogP contribution in [0, 0.1) is 12.7 Å². The number of aryl methyl sites for hydroxylation is 1. The molecule has 1 aliphatic heterocycles. The molecule has 2 aromatic rings. The summed E-state index contributed by atoms with van der Waals surface area (Å²) in [5.74, 6) is -0.223. The van der Waals surface area contributed by atoms with Gasteiger partial charge < -0.3 is 4.90 Å². The fourth-order valence-electron chi connectivity index (χ4n) is 2.99. The lowest BCUT2D eigenvalue weighted by Gasteiger charge is -2.34. The van der Waals surface area contributed by atoms with Crippen molar-refractivity contribution in [1.82, 2.24) is 9.21 Å². The Hall–Kier alpha value is -1.76. The number of hydrogen-bond acceptors (Lipinski definition) is 3. The second-order valence-corrected chi connectivity index (χ2v) is 8.37. The largest absolute Gasteiger partial charge is 0.300 e. The van der Waals surface area contributed by atoms with Crippen molar-refractivity contribution in [3.63, 3.8) is 0 Å². The third-order valence-corrected chi connectivity index (χ3v) is 6.53. The van der Waals surface area contributed by atoms with Crippen LogP contribution in [0.15, 0.2) is 53.4 Å². The Labute approximate surface area is 148 Å². The number of rotatable bonds is 5. The van der Waals surface area contributed by atoms with Crippen molar-refractivity contribution in [3.8, 4) is 0 Å². The molecule has 0 saturated carbocycles. The fraction of sp³-hybridized carbons (Fsp3) is 0.368. The highest BCUT2D eigenvalue weighted by atomic mass is 32.2. The Bertz CT molecular complexity index is 796. The summed E-state index contributed by atoms with van der Waals surface area (Å²) in [5, 5.41) is 0. The van der Waals surface area contributed by atoms with Crippen LogP contribution in [0.5, 0.6) is 0 Å². The second-order valence-electron chi connectivity index (χ2n) is 6.44. The number of piperazine rings is 1. The predicted molar refractivity (Wildman–Crippen MR) is 96.5 cm³/mol. The summed E-state index contributed by atoms with van der Waals surface area (Å²) in [4.78, 5) is 2.61. The fourth-order valence-corrected chi connectivity index (χ4v) is 4.41. The van der Waals surface area contributed by atoms with E-state index in [4.69, 9.17) is 0 Å². The van der Waals surface area contributed by atoms with Crippen molar-refractivity contribution < 1.29 is 12.8 Å². The Morgan fingerprint density at radius 1 is 0.920 bits per heavy atom. The molecular weight excluding hydrogens is 339 g/mol.